The van der Waals surface area contributed by atoms with Crippen LogP contribution >= 0.6 is 0 Å². The first-order chi connectivity index (χ1) is 8.29. The van der Waals surface area contributed by atoms with Crippen LogP contribution in [0.2, 0.25) is 0 Å². The van der Waals surface area contributed by atoms with Crippen molar-refractivity contribution < 1.29 is 14.4 Å². The van der Waals surface area contributed by atoms with Crippen LogP contribution < -0.4 is 4.90 Å². The lowest BCUT2D eigenvalue weighted by molar-refractivity contribution is -0.919. The molecule has 1 heterocycles. The summed E-state index contributed by atoms with van der Waals surface area (Å²) in [5.41, 5.74) is 1.37. The van der Waals surface area contributed by atoms with Crippen molar-refractivity contribution in [1.82, 2.24) is 0 Å². The number of carbonyl (C=O) groups is 1. The van der Waals surface area contributed by atoms with Crippen molar-refractivity contribution in [3.05, 3.63) is 35.9 Å². The van der Waals surface area contributed by atoms with Gasteiger partial charge in [-0.3, -0.25) is 4.79 Å². The topological polar surface area (TPSA) is 30.7 Å². The molecule has 0 unspecified atom stereocenters. The van der Waals surface area contributed by atoms with E-state index < -0.39 is 0 Å². The van der Waals surface area contributed by atoms with E-state index in [1.165, 1.54) is 12.7 Å². The maximum atomic E-state index is 11.4. The highest BCUT2D eigenvalue weighted by molar-refractivity contribution is 5.72. The average molecular weight is 234 g/mol. The number of quaternary nitrogens is 1. The van der Waals surface area contributed by atoms with Gasteiger partial charge in [0.1, 0.15) is 6.54 Å². The number of esters is 1. The van der Waals surface area contributed by atoms with Gasteiger partial charge < -0.3 is 9.64 Å². The van der Waals surface area contributed by atoms with Crippen LogP contribution in [0.15, 0.2) is 30.3 Å². The number of likely N-dealkylation sites (tertiary alicyclic amines) is 1. The molecule has 1 N–H and O–H groups in total. The molecule has 0 spiro atoms. The Kier molecular flexibility index (Phi) is 4.15. The van der Waals surface area contributed by atoms with Gasteiger partial charge in [-0.2, -0.15) is 0 Å². The Morgan fingerprint density at radius 3 is 2.53 bits per heavy atom. The molecule has 0 amide bonds. The van der Waals surface area contributed by atoms with Crippen LogP contribution in [0, 0.1) is 5.92 Å². The average Bonchev–Trinajstić information content (AvgIpc) is 2.40. The van der Waals surface area contributed by atoms with Crippen LogP contribution in [-0.4, -0.2) is 26.2 Å². The molecule has 0 aliphatic carbocycles. The molecule has 3 nitrogen and oxygen atoms in total. The minimum atomic E-state index is -0.0382. The van der Waals surface area contributed by atoms with Crippen molar-refractivity contribution in [2.75, 3.05) is 20.2 Å². The molecular formula is C14H20NO2+. The molecule has 1 saturated heterocycles. The quantitative estimate of drug-likeness (QED) is 0.779. The van der Waals surface area contributed by atoms with E-state index in [9.17, 15) is 4.79 Å². The van der Waals surface area contributed by atoms with Crippen molar-refractivity contribution in [3.8, 4) is 0 Å². The maximum Gasteiger partial charge on any atom is 0.309 e. The standard InChI is InChI=1S/C14H19NO2/c1-17-14(16)13-7-9-15(10-8-13)11-12-5-3-2-4-6-12/h2-6,13H,7-11H2,1H3/p+1. The summed E-state index contributed by atoms with van der Waals surface area (Å²) in [5, 5.41) is 0. The van der Waals surface area contributed by atoms with Gasteiger partial charge in [-0.05, 0) is 0 Å². The Morgan fingerprint density at radius 1 is 1.29 bits per heavy atom. The SMILES string of the molecule is COC(=O)C1CC[NH+](Cc2ccccc2)CC1. The molecule has 2 rings (SSSR count). The number of rotatable bonds is 3. The van der Waals surface area contributed by atoms with Crippen LogP contribution in [0.5, 0.6) is 0 Å². The minimum Gasteiger partial charge on any atom is -0.469 e. The van der Waals surface area contributed by atoms with Crippen LogP contribution in [0.1, 0.15) is 18.4 Å². The summed E-state index contributed by atoms with van der Waals surface area (Å²) in [5.74, 6) is 0.0864. The summed E-state index contributed by atoms with van der Waals surface area (Å²) >= 11 is 0. The van der Waals surface area contributed by atoms with E-state index in [0.29, 0.717) is 0 Å². The first-order valence-corrected chi connectivity index (χ1v) is 6.25. The fourth-order valence-electron chi connectivity index (χ4n) is 2.49. The molecular weight excluding hydrogens is 214 g/mol. The van der Waals surface area contributed by atoms with Gasteiger partial charge in [0.15, 0.2) is 0 Å². The monoisotopic (exact) mass is 234 g/mol. The van der Waals surface area contributed by atoms with Crippen molar-refractivity contribution in [3.63, 3.8) is 0 Å². The van der Waals surface area contributed by atoms with Gasteiger partial charge >= 0.3 is 5.97 Å². The molecule has 17 heavy (non-hydrogen) atoms. The largest absolute Gasteiger partial charge is 0.469 e. The molecule has 3 heteroatoms. The van der Waals surface area contributed by atoms with Gasteiger partial charge in [0.25, 0.3) is 0 Å². The van der Waals surface area contributed by atoms with Gasteiger partial charge in [-0.1, -0.05) is 30.3 Å². The number of piperidine rings is 1. The van der Waals surface area contributed by atoms with Gasteiger partial charge in [0.2, 0.25) is 0 Å². The fraction of sp³-hybridized carbons (Fsp3) is 0.500. The number of hydrogen-bond donors (Lipinski definition) is 1. The van der Waals surface area contributed by atoms with Crippen molar-refractivity contribution in [2.24, 2.45) is 5.92 Å². The minimum absolute atomic E-state index is 0.0382. The van der Waals surface area contributed by atoms with E-state index in [1.807, 2.05) is 6.07 Å². The van der Waals surface area contributed by atoms with E-state index in [0.717, 1.165) is 32.5 Å². The predicted molar refractivity (Wildman–Crippen MR) is 65.6 cm³/mol. The summed E-state index contributed by atoms with van der Waals surface area (Å²) in [6, 6.07) is 10.5. The lowest BCUT2D eigenvalue weighted by Gasteiger charge is -2.27. The number of nitrogens with one attached hydrogen (secondary N) is 1. The van der Waals surface area contributed by atoms with Crippen LogP contribution in [-0.2, 0) is 16.1 Å². The van der Waals surface area contributed by atoms with E-state index in [1.54, 1.807) is 4.90 Å². The van der Waals surface area contributed by atoms with E-state index in [-0.39, 0.29) is 11.9 Å². The Hall–Kier alpha value is -1.35. The fourth-order valence-corrected chi connectivity index (χ4v) is 2.49. The Bertz CT molecular complexity index is 356. The van der Waals surface area contributed by atoms with E-state index in [2.05, 4.69) is 24.3 Å². The van der Waals surface area contributed by atoms with E-state index in [4.69, 9.17) is 4.74 Å². The zero-order valence-electron chi connectivity index (χ0n) is 10.3. The molecule has 1 fully saturated rings. The van der Waals surface area contributed by atoms with Gasteiger partial charge in [0, 0.05) is 18.4 Å². The number of methoxy groups -OCH3 is 1. The van der Waals surface area contributed by atoms with Crippen molar-refractivity contribution >= 4 is 5.97 Å². The molecule has 0 bridgehead atoms. The third kappa shape index (κ3) is 3.30. The highest BCUT2D eigenvalue weighted by Crippen LogP contribution is 2.11. The summed E-state index contributed by atoms with van der Waals surface area (Å²) in [7, 11) is 1.48. The maximum absolute atomic E-state index is 11.4. The van der Waals surface area contributed by atoms with Crippen LogP contribution in [0.3, 0.4) is 0 Å². The third-order valence-corrected chi connectivity index (χ3v) is 3.52. The number of carbonyl (C=O) groups excluding carboxylic acids is 1. The Morgan fingerprint density at radius 2 is 1.94 bits per heavy atom. The lowest BCUT2D eigenvalue weighted by Crippen LogP contribution is -3.11. The van der Waals surface area contributed by atoms with E-state index >= 15 is 0 Å². The summed E-state index contributed by atoms with van der Waals surface area (Å²) in [6.45, 7) is 3.19. The molecule has 1 aliphatic rings. The second-order valence-corrected chi connectivity index (χ2v) is 4.71. The van der Waals surface area contributed by atoms with Crippen molar-refractivity contribution in [1.29, 1.82) is 0 Å². The zero-order chi connectivity index (χ0) is 12.1. The smallest absolute Gasteiger partial charge is 0.309 e. The molecule has 1 aliphatic heterocycles. The summed E-state index contributed by atoms with van der Waals surface area (Å²) in [6.07, 6.45) is 1.91. The lowest BCUT2D eigenvalue weighted by atomic mass is 9.97. The second-order valence-electron chi connectivity index (χ2n) is 4.71. The molecule has 0 aromatic heterocycles. The number of ether oxygens (including phenoxy) is 1. The molecule has 0 saturated carbocycles. The molecule has 0 radical (unpaired) electrons. The number of benzene rings is 1. The normalized spacial score (nSPS) is 24.3. The molecule has 92 valence electrons. The van der Waals surface area contributed by atoms with Crippen LogP contribution in [0.25, 0.3) is 0 Å². The molecule has 0 atom stereocenters. The molecule has 1 aromatic carbocycles. The Balaban J connectivity index is 1.82. The molecule has 1 aromatic rings. The first kappa shape index (κ1) is 12.1. The second kappa shape index (κ2) is 5.82. The highest BCUT2D eigenvalue weighted by atomic mass is 16.5. The zero-order valence-corrected chi connectivity index (χ0v) is 10.3. The van der Waals surface area contributed by atoms with Crippen molar-refractivity contribution in [2.45, 2.75) is 19.4 Å². The number of hydrogen-bond acceptors (Lipinski definition) is 2. The van der Waals surface area contributed by atoms with Gasteiger partial charge in [-0.25, -0.2) is 0 Å². The van der Waals surface area contributed by atoms with Gasteiger partial charge in [0.05, 0.1) is 26.1 Å². The van der Waals surface area contributed by atoms with Crippen LogP contribution in [0.4, 0.5) is 0 Å². The summed E-state index contributed by atoms with van der Waals surface area (Å²) < 4.78 is 4.80. The Labute approximate surface area is 102 Å². The highest BCUT2D eigenvalue weighted by Gasteiger charge is 2.27. The third-order valence-electron chi connectivity index (χ3n) is 3.52. The predicted octanol–water partition coefficient (Wildman–Crippen LogP) is 0.654. The summed E-state index contributed by atoms with van der Waals surface area (Å²) in [4.78, 5) is 13.0. The first-order valence-electron chi connectivity index (χ1n) is 6.25. The van der Waals surface area contributed by atoms with Gasteiger partial charge in [-0.15, -0.1) is 0 Å².